The van der Waals surface area contributed by atoms with Crippen LogP contribution in [-0.4, -0.2) is 5.91 Å². The summed E-state index contributed by atoms with van der Waals surface area (Å²) in [7, 11) is 0. The molecule has 0 aliphatic rings. The Balaban J connectivity index is 0.00000176. The van der Waals surface area contributed by atoms with Gasteiger partial charge in [0.05, 0.1) is 0 Å². The number of halogens is 1. The van der Waals surface area contributed by atoms with Gasteiger partial charge in [0, 0.05) is 17.8 Å². The van der Waals surface area contributed by atoms with E-state index in [4.69, 9.17) is 5.73 Å². The summed E-state index contributed by atoms with van der Waals surface area (Å²) in [5.41, 5.74) is 8.02. The zero-order valence-corrected chi connectivity index (χ0v) is 12.8. The molecule has 0 atom stereocenters. The molecule has 0 bridgehead atoms. The quantitative estimate of drug-likeness (QED) is 0.768. The molecular weight excluding hydrogens is 296 g/mol. The summed E-state index contributed by atoms with van der Waals surface area (Å²) in [5.74, 6) is -0.110. The lowest BCUT2D eigenvalue weighted by Gasteiger charge is -2.07. The smallest absolute Gasteiger partial charge is 0.255 e. The van der Waals surface area contributed by atoms with Gasteiger partial charge >= 0.3 is 0 Å². The molecule has 0 fully saturated rings. The molecule has 0 heterocycles. The minimum Gasteiger partial charge on any atom is -0.326 e. The fourth-order valence-electron chi connectivity index (χ4n) is 2.26. The number of carbonyl (C=O) groups is 1. The first-order valence-electron chi connectivity index (χ1n) is 6.85. The van der Waals surface area contributed by atoms with E-state index in [-0.39, 0.29) is 18.3 Å². The minimum absolute atomic E-state index is 0. The van der Waals surface area contributed by atoms with Crippen LogP contribution in [0.1, 0.15) is 15.9 Å². The Hall–Kier alpha value is -2.36. The molecule has 0 aromatic heterocycles. The summed E-state index contributed by atoms with van der Waals surface area (Å²) in [6, 6.07) is 21.2. The van der Waals surface area contributed by atoms with Crippen LogP contribution in [0.25, 0.3) is 10.8 Å². The number of fused-ring (bicyclic) bond motifs is 1. The first-order valence-corrected chi connectivity index (χ1v) is 6.85. The first kappa shape index (κ1) is 16.0. The molecule has 0 aliphatic carbocycles. The predicted molar refractivity (Wildman–Crippen MR) is 93.5 cm³/mol. The molecule has 0 unspecified atom stereocenters. The maximum absolute atomic E-state index is 12.3. The van der Waals surface area contributed by atoms with Crippen molar-refractivity contribution < 1.29 is 4.79 Å². The molecule has 0 radical (unpaired) electrons. The Morgan fingerprint density at radius 1 is 0.909 bits per heavy atom. The molecule has 3 rings (SSSR count). The van der Waals surface area contributed by atoms with Gasteiger partial charge in [-0.05, 0) is 40.6 Å². The van der Waals surface area contributed by atoms with Crippen molar-refractivity contribution in [2.45, 2.75) is 6.54 Å². The Labute approximate surface area is 135 Å². The van der Waals surface area contributed by atoms with E-state index in [0.717, 1.165) is 22.0 Å². The highest BCUT2D eigenvalue weighted by atomic mass is 35.5. The van der Waals surface area contributed by atoms with E-state index >= 15 is 0 Å². The van der Waals surface area contributed by atoms with Crippen LogP contribution in [0.2, 0.25) is 0 Å². The second-order valence-electron chi connectivity index (χ2n) is 4.92. The number of hydrogen-bond donors (Lipinski definition) is 2. The third kappa shape index (κ3) is 3.45. The van der Waals surface area contributed by atoms with E-state index in [9.17, 15) is 4.79 Å². The van der Waals surface area contributed by atoms with E-state index in [0.29, 0.717) is 12.1 Å². The SMILES string of the molecule is Cl.NCc1ccc(NC(=O)c2ccc3ccccc3c2)cc1. The number of anilines is 1. The van der Waals surface area contributed by atoms with Crippen molar-refractivity contribution >= 4 is 34.8 Å². The maximum atomic E-state index is 12.3. The van der Waals surface area contributed by atoms with E-state index in [1.54, 1.807) is 0 Å². The van der Waals surface area contributed by atoms with Gasteiger partial charge in [0.1, 0.15) is 0 Å². The topological polar surface area (TPSA) is 55.1 Å². The average molecular weight is 313 g/mol. The summed E-state index contributed by atoms with van der Waals surface area (Å²) in [5, 5.41) is 5.08. The van der Waals surface area contributed by atoms with Crippen LogP contribution in [-0.2, 0) is 6.54 Å². The standard InChI is InChI=1S/C18H16N2O.ClH/c19-12-13-5-9-17(10-6-13)20-18(21)16-8-7-14-3-1-2-4-15(14)11-16;/h1-11H,12,19H2,(H,20,21);1H. The van der Waals surface area contributed by atoms with Gasteiger partial charge in [0.25, 0.3) is 5.91 Å². The van der Waals surface area contributed by atoms with Crippen molar-refractivity contribution in [1.29, 1.82) is 0 Å². The molecule has 1 amide bonds. The molecule has 3 N–H and O–H groups in total. The number of hydrogen-bond acceptors (Lipinski definition) is 2. The van der Waals surface area contributed by atoms with Gasteiger partial charge in [-0.1, -0.05) is 42.5 Å². The largest absolute Gasteiger partial charge is 0.326 e. The Morgan fingerprint density at radius 2 is 1.59 bits per heavy atom. The van der Waals surface area contributed by atoms with Crippen LogP contribution in [0.15, 0.2) is 66.7 Å². The van der Waals surface area contributed by atoms with Crippen LogP contribution in [0, 0.1) is 0 Å². The van der Waals surface area contributed by atoms with E-state index in [1.807, 2.05) is 66.7 Å². The van der Waals surface area contributed by atoms with Crippen molar-refractivity contribution in [3.63, 3.8) is 0 Å². The summed E-state index contributed by atoms with van der Waals surface area (Å²) < 4.78 is 0. The third-order valence-electron chi connectivity index (χ3n) is 3.46. The van der Waals surface area contributed by atoms with Crippen molar-refractivity contribution in [3.05, 3.63) is 77.9 Å². The fraction of sp³-hybridized carbons (Fsp3) is 0.0556. The highest BCUT2D eigenvalue weighted by Crippen LogP contribution is 2.17. The summed E-state index contributed by atoms with van der Waals surface area (Å²) >= 11 is 0. The highest BCUT2D eigenvalue weighted by molar-refractivity contribution is 6.06. The van der Waals surface area contributed by atoms with Crippen LogP contribution in [0.5, 0.6) is 0 Å². The minimum atomic E-state index is -0.110. The van der Waals surface area contributed by atoms with Crippen LogP contribution < -0.4 is 11.1 Å². The van der Waals surface area contributed by atoms with Crippen molar-refractivity contribution in [2.24, 2.45) is 5.73 Å². The highest BCUT2D eigenvalue weighted by Gasteiger charge is 2.06. The molecule has 3 nitrogen and oxygen atoms in total. The molecular formula is C18H17ClN2O. The summed E-state index contributed by atoms with van der Waals surface area (Å²) in [6.07, 6.45) is 0. The monoisotopic (exact) mass is 312 g/mol. The molecule has 4 heteroatoms. The van der Waals surface area contributed by atoms with Crippen LogP contribution >= 0.6 is 12.4 Å². The van der Waals surface area contributed by atoms with E-state index < -0.39 is 0 Å². The third-order valence-corrected chi connectivity index (χ3v) is 3.46. The Kier molecular flexibility index (Phi) is 5.15. The molecule has 22 heavy (non-hydrogen) atoms. The molecule has 0 saturated carbocycles. The molecule has 112 valence electrons. The maximum Gasteiger partial charge on any atom is 0.255 e. The van der Waals surface area contributed by atoms with Gasteiger partial charge in [0.15, 0.2) is 0 Å². The number of carbonyl (C=O) groups excluding carboxylic acids is 1. The summed E-state index contributed by atoms with van der Waals surface area (Å²) in [4.78, 5) is 12.3. The lowest BCUT2D eigenvalue weighted by molar-refractivity contribution is 0.102. The Morgan fingerprint density at radius 3 is 2.27 bits per heavy atom. The summed E-state index contributed by atoms with van der Waals surface area (Å²) in [6.45, 7) is 0.499. The van der Waals surface area contributed by atoms with Crippen LogP contribution in [0.3, 0.4) is 0 Å². The molecule has 3 aromatic carbocycles. The molecule has 0 spiro atoms. The zero-order chi connectivity index (χ0) is 14.7. The lowest BCUT2D eigenvalue weighted by atomic mass is 10.1. The van der Waals surface area contributed by atoms with Gasteiger partial charge in [-0.15, -0.1) is 12.4 Å². The van der Waals surface area contributed by atoms with E-state index in [2.05, 4.69) is 5.32 Å². The van der Waals surface area contributed by atoms with Gasteiger partial charge < -0.3 is 11.1 Å². The first-order chi connectivity index (χ1) is 10.3. The number of rotatable bonds is 3. The number of benzene rings is 3. The number of nitrogens with one attached hydrogen (secondary N) is 1. The fourth-order valence-corrected chi connectivity index (χ4v) is 2.26. The zero-order valence-electron chi connectivity index (χ0n) is 12.0. The van der Waals surface area contributed by atoms with Crippen molar-refractivity contribution in [2.75, 3.05) is 5.32 Å². The van der Waals surface area contributed by atoms with Gasteiger partial charge in [-0.25, -0.2) is 0 Å². The predicted octanol–water partition coefficient (Wildman–Crippen LogP) is 3.97. The molecule has 0 aliphatic heterocycles. The van der Waals surface area contributed by atoms with Crippen LogP contribution in [0.4, 0.5) is 5.69 Å². The number of amides is 1. The molecule has 3 aromatic rings. The lowest BCUT2D eigenvalue weighted by Crippen LogP contribution is -2.11. The normalized spacial score (nSPS) is 10.0. The second kappa shape index (κ2) is 7.07. The second-order valence-corrected chi connectivity index (χ2v) is 4.92. The average Bonchev–Trinajstić information content (AvgIpc) is 2.55. The molecule has 0 saturated heterocycles. The van der Waals surface area contributed by atoms with E-state index in [1.165, 1.54) is 0 Å². The van der Waals surface area contributed by atoms with Gasteiger partial charge in [0.2, 0.25) is 0 Å². The van der Waals surface area contributed by atoms with Crippen molar-refractivity contribution in [1.82, 2.24) is 0 Å². The van der Waals surface area contributed by atoms with Crippen molar-refractivity contribution in [3.8, 4) is 0 Å². The van der Waals surface area contributed by atoms with Gasteiger partial charge in [-0.2, -0.15) is 0 Å². The Bertz CT molecular complexity index is 784. The number of nitrogens with two attached hydrogens (primary N) is 1. The van der Waals surface area contributed by atoms with Gasteiger partial charge in [-0.3, -0.25) is 4.79 Å².